The van der Waals surface area contributed by atoms with Crippen LogP contribution in [0.3, 0.4) is 0 Å². The van der Waals surface area contributed by atoms with Crippen molar-refractivity contribution < 1.29 is 9.59 Å². The summed E-state index contributed by atoms with van der Waals surface area (Å²) >= 11 is 0. The SMILES string of the molecule is Cc1cccc(CN(Cc2cccc(C)n2)C(=O)CNC(=O)CN)n1.Cl.Cl.Cl. The zero-order valence-electron chi connectivity index (χ0n) is 15.8. The van der Waals surface area contributed by atoms with Crippen LogP contribution in [0.2, 0.25) is 0 Å². The minimum Gasteiger partial charge on any atom is -0.346 e. The maximum Gasteiger partial charge on any atom is 0.242 e. The number of pyridine rings is 2. The van der Waals surface area contributed by atoms with Crippen molar-refractivity contribution in [2.45, 2.75) is 26.9 Å². The van der Waals surface area contributed by atoms with Crippen LogP contribution in [0.15, 0.2) is 36.4 Å². The predicted octanol–water partition coefficient (Wildman–Crippen LogP) is 1.96. The first-order valence-electron chi connectivity index (χ1n) is 8.07. The van der Waals surface area contributed by atoms with Gasteiger partial charge in [-0.15, -0.1) is 37.2 Å². The number of rotatable bonds is 7. The van der Waals surface area contributed by atoms with Crippen molar-refractivity contribution >= 4 is 49.0 Å². The molecule has 10 heteroatoms. The smallest absolute Gasteiger partial charge is 0.242 e. The Bertz CT molecular complexity index is 714. The molecule has 0 saturated carbocycles. The molecule has 0 bridgehead atoms. The molecule has 28 heavy (non-hydrogen) atoms. The molecule has 7 nitrogen and oxygen atoms in total. The van der Waals surface area contributed by atoms with E-state index in [-0.39, 0.29) is 62.1 Å². The lowest BCUT2D eigenvalue weighted by molar-refractivity contribution is -0.133. The molecule has 0 unspecified atom stereocenters. The van der Waals surface area contributed by atoms with Crippen molar-refractivity contribution in [2.24, 2.45) is 5.73 Å². The first-order valence-corrected chi connectivity index (χ1v) is 8.07. The lowest BCUT2D eigenvalue weighted by atomic mass is 10.2. The Morgan fingerprint density at radius 1 is 0.929 bits per heavy atom. The molecule has 2 rings (SSSR count). The van der Waals surface area contributed by atoms with Gasteiger partial charge in [-0.3, -0.25) is 19.6 Å². The summed E-state index contributed by atoms with van der Waals surface area (Å²) in [5.74, 6) is -0.580. The van der Waals surface area contributed by atoms with E-state index in [1.54, 1.807) is 4.90 Å². The number of nitrogens with one attached hydrogen (secondary N) is 1. The van der Waals surface area contributed by atoms with Crippen LogP contribution in [0.4, 0.5) is 0 Å². The molecule has 0 aromatic carbocycles. The van der Waals surface area contributed by atoms with Crippen LogP contribution in [0.1, 0.15) is 22.8 Å². The van der Waals surface area contributed by atoms with E-state index < -0.39 is 0 Å². The van der Waals surface area contributed by atoms with Crippen molar-refractivity contribution in [1.82, 2.24) is 20.2 Å². The summed E-state index contributed by atoms with van der Waals surface area (Å²) in [6, 6.07) is 11.4. The Kier molecular flexibility index (Phi) is 14.3. The van der Waals surface area contributed by atoms with E-state index in [2.05, 4.69) is 15.3 Å². The van der Waals surface area contributed by atoms with Gasteiger partial charge in [0.2, 0.25) is 11.8 Å². The van der Waals surface area contributed by atoms with Gasteiger partial charge in [-0.05, 0) is 38.1 Å². The van der Waals surface area contributed by atoms with E-state index >= 15 is 0 Å². The number of hydrogen-bond acceptors (Lipinski definition) is 5. The van der Waals surface area contributed by atoms with Crippen molar-refractivity contribution in [2.75, 3.05) is 13.1 Å². The molecule has 2 amide bonds. The average Bonchev–Trinajstić information content (AvgIpc) is 2.59. The summed E-state index contributed by atoms with van der Waals surface area (Å²) in [7, 11) is 0. The summed E-state index contributed by atoms with van der Waals surface area (Å²) in [5, 5.41) is 2.51. The molecule has 156 valence electrons. The van der Waals surface area contributed by atoms with Crippen molar-refractivity contribution in [3.8, 4) is 0 Å². The van der Waals surface area contributed by atoms with Gasteiger partial charge in [0.05, 0.1) is 37.6 Å². The summed E-state index contributed by atoms with van der Waals surface area (Å²) in [4.78, 5) is 34.4. The monoisotopic (exact) mass is 449 g/mol. The second kappa shape index (κ2) is 14.1. The highest BCUT2D eigenvalue weighted by molar-refractivity contribution is 5.86. The van der Waals surface area contributed by atoms with E-state index in [0.717, 1.165) is 22.8 Å². The standard InChI is InChI=1S/C18H23N5O2.3ClH/c1-13-5-3-7-15(21-13)11-23(18(25)10-20-17(24)9-19)12-16-8-4-6-14(2)22-16;;;/h3-8H,9-12,19H2,1-2H3,(H,20,24);3*1H. The normalized spacial score (nSPS) is 9.25. The highest BCUT2D eigenvalue weighted by Gasteiger charge is 2.17. The van der Waals surface area contributed by atoms with Crippen molar-refractivity contribution in [3.63, 3.8) is 0 Å². The van der Waals surface area contributed by atoms with Crippen LogP contribution in [-0.4, -0.2) is 39.8 Å². The Morgan fingerprint density at radius 2 is 1.39 bits per heavy atom. The van der Waals surface area contributed by atoms with Crippen LogP contribution in [0.25, 0.3) is 0 Å². The highest BCUT2D eigenvalue weighted by atomic mass is 35.5. The van der Waals surface area contributed by atoms with Gasteiger partial charge in [-0.25, -0.2) is 0 Å². The van der Waals surface area contributed by atoms with Crippen LogP contribution >= 0.6 is 37.2 Å². The fourth-order valence-corrected chi connectivity index (χ4v) is 2.36. The summed E-state index contributed by atoms with van der Waals surface area (Å²) in [6.07, 6.45) is 0. The van der Waals surface area contributed by atoms with Crippen LogP contribution in [0, 0.1) is 13.8 Å². The van der Waals surface area contributed by atoms with Gasteiger partial charge in [0, 0.05) is 11.4 Å². The summed E-state index contributed by atoms with van der Waals surface area (Å²) in [6.45, 7) is 4.24. The van der Waals surface area contributed by atoms with Crippen LogP contribution < -0.4 is 11.1 Å². The molecule has 0 aliphatic carbocycles. The molecule has 0 aliphatic heterocycles. The quantitative estimate of drug-likeness (QED) is 0.671. The topological polar surface area (TPSA) is 101 Å². The Labute approximate surface area is 183 Å². The van der Waals surface area contributed by atoms with Gasteiger partial charge in [0.1, 0.15) is 0 Å². The Hall–Kier alpha value is -1.93. The minimum absolute atomic E-state index is 0. The average molecular weight is 451 g/mol. The Morgan fingerprint density at radius 3 is 1.79 bits per heavy atom. The first kappa shape index (κ1) is 28.3. The number of aromatic nitrogens is 2. The third kappa shape index (κ3) is 9.32. The summed E-state index contributed by atoms with van der Waals surface area (Å²) in [5.41, 5.74) is 8.59. The van der Waals surface area contributed by atoms with Gasteiger partial charge in [0.25, 0.3) is 0 Å². The number of carbonyl (C=O) groups is 2. The van der Waals surface area contributed by atoms with Gasteiger partial charge in [-0.1, -0.05) is 12.1 Å². The molecule has 0 aliphatic rings. The third-order valence-electron chi connectivity index (χ3n) is 3.57. The molecular formula is C18H26Cl3N5O2. The third-order valence-corrected chi connectivity index (χ3v) is 3.57. The molecule has 0 atom stereocenters. The molecular weight excluding hydrogens is 425 g/mol. The molecule has 3 N–H and O–H groups in total. The number of aryl methyl sites for hydroxylation is 2. The lowest BCUT2D eigenvalue weighted by Gasteiger charge is -2.22. The molecule has 0 spiro atoms. The maximum atomic E-state index is 12.6. The highest BCUT2D eigenvalue weighted by Crippen LogP contribution is 2.09. The zero-order chi connectivity index (χ0) is 18.2. The lowest BCUT2D eigenvalue weighted by Crippen LogP contribution is -2.41. The van der Waals surface area contributed by atoms with Gasteiger partial charge >= 0.3 is 0 Å². The molecule has 2 aromatic rings. The molecule has 2 heterocycles. The van der Waals surface area contributed by atoms with Gasteiger partial charge < -0.3 is 16.0 Å². The second-order valence-corrected chi connectivity index (χ2v) is 5.77. The fourth-order valence-electron chi connectivity index (χ4n) is 2.36. The van der Waals surface area contributed by atoms with Gasteiger partial charge in [-0.2, -0.15) is 0 Å². The van der Waals surface area contributed by atoms with Crippen molar-refractivity contribution in [1.29, 1.82) is 0 Å². The number of hydrogen-bond donors (Lipinski definition) is 2. The molecule has 0 saturated heterocycles. The Balaban J connectivity index is 0. The van der Waals surface area contributed by atoms with Gasteiger partial charge in [0.15, 0.2) is 0 Å². The van der Waals surface area contributed by atoms with Crippen LogP contribution in [-0.2, 0) is 22.7 Å². The number of nitrogens with two attached hydrogens (primary N) is 1. The zero-order valence-corrected chi connectivity index (χ0v) is 18.2. The van der Waals surface area contributed by atoms with Crippen LogP contribution in [0.5, 0.6) is 0 Å². The second-order valence-electron chi connectivity index (χ2n) is 5.77. The number of carbonyl (C=O) groups excluding carboxylic acids is 2. The van der Waals surface area contributed by atoms with E-state index in [9.17, 15) is 9.59 Å². The largest absolute Gasteiger partial charge is 0.346 e. The maximum absolute atomic E-state index is 12.6. The van der Waals surface area contributed by atoms with E-state index in [1.807, 2.05) is 50.2 Å². The number of halogens is 3. The molecule has 2 aromatic heterocycles. The summed E-state index contributed by atoms with van der Waals surface area (Å²) < 4.78 is 0. The molecule has 0 fully saturated rings. The number of amides is 2. The first-order chi connectivity index (χ1) is 12.0. The van der Waals surface area contributed by atoms with E-state index in [0.29, 0.717) is 13.1 Å². The molecule has 0 radical (unpaired) electrons. The fraction of sp³-hybridized carbons (Fsp3) is 0.333. The van der Waals surface area contributed by atoms with E-state index in [4.69, 9.17) is 5.73 Å². The van der Waals surface area contributed by atoms with E-state index in [1.165, 1.54) is 0 Å². The number of nitrogens with zero attached hydrogens (tertiary/aromatic N) is 3. The van der Waals surface area contributed by atoms with Crippen molar-refractivity contribution in [3.05, 3.63) is 59.2 Å². The minimum atomic E-state index is -0.365. The predicted molar refractivity (Wildman–Crippen MR) is 116 cm³/mol.